The second-order valence-electron chi connectivity index (χ2n) is 4.37. The fourth-order valence-corrected chi connectivity index (χ4v) is 2.24. The summed E-state index contributed by atoms with van der Waals surface area (Å²) in [7, 11) is 0. The zero-order valence-corrected chi connectivity index (χ0v) is 12.4. The number of aryl methyl sites for hydroxylation is 1. The van der Waals surface area contributed by atoms with E-state index < -0.39 is 0 Å². The average molecular weight is 339 g/mol. The molecule has 0 aliphatic carbocycles. The zero-order valence-electron chi connectivity index (χ0n) is 10.8. The summed E-state index contributed by atoms with van der Waals surface area (Å²) in [6.07, 6.45) is 6.46. The summed E-state index contributed by atoms with van der Waals surface area (Å²) in [5, 5.41) is 14.1. The van der Waals surface area contributed by atoms with Crippen LogP contribution in [0.2, 0.25) is 0 Å². The molecule has 1 aromatic carbocycles. The molecule has 0 spiro atoms. The highest BCUT2D eigenvalue weighted by Crippen LogP contribution is 2.25. The van der Waals surface area contributed by atoms with Gasteiger partial charge in [0.15, 0.2) is 0 Å². The van der Waals surface area contributed by atoms with Gasteiger partial charge in [0.05, 0.1) is 15.7 Å². The van der Waals surface area contributed by atoms with Gasteiger partial charge in [-0.25, -0.2) is 4.98 Å². The SMILES string of the molecule is O=[N+]([O-])c1cc(CNCCCn2ccnc2)ccc1Br. The van der Waals surface area contributed by atoms with Crippen molar-refractivity contribution in [3.63, 3.8) is 0 Å². The molecule has 7 heteroatoms. The van der Waals surface area contributed by atoms with Gasteiger partial charge in [-0.05, 0) is 40.5 Å². The first kappa shape index (κ1) is 14.7. The quantitative estimate of drug-likeness (QED) is 0.478. The second-order valence-corrected chi connectivity index (χ2v) is 5.23. The van der Waals surface area contributed by atoms with Crippen molar-refractivity contribution >= 4 is 21.6 Å². The minimum Gasteiger partial charge on any atom is -0.337 e. The maximum Gasteiger partial charge on any atom is 0.283 e. The van der Waals surface area contributed by atoms with E-state index in [1.165, 1.54) is 0 Å². The van der Waals surface area contributed by atoms with Gasteiger partial charge in [0.25, 0.3) is 5.69 Å². The Labute approximate surface area is 125 Å². The van der Waals surface area contributed by atoms with Crippen molar-refractivity contribution in [2.45, 2.75) is 19.5 Å². The summed E-state index contributed by atoms with van der Waals surface area (Å²) in [4.78, 5) is 14.4. The first-order valence-electron chi connectivity index (χ1n) is 6.26. The number of imidazole rings is 1. The van der Waals surface area contributed by atoms with Crippen molar-refractivity contribution in [3.05, 3.63) is 57.1 Å². The Morgan fingerprint density at radius 3 is 3.00 bits per heavy atom. The molecule has 1 aromatic heterocycles. The molecule has 0 saturated carbocycles. The summed E-state index contributed by atoms with van der Waals surface area (Å²) in [6.45, 7) is 2.38. The van der Waals surface area contributed by atoms with Crippen LogP contribution in [0.4, 0.5) is 5.69 Å². The first-order valence-corrected chi connectivity index (χ1v) is 7.05. The lowest BCUT2D eigenvalue weighted by atomic mass is 10.2. The maximum absolute atomic E-state index is 10.8. The maximum atomic E-state index is 10.8. The van der Waals surface area contributed by atoms with Gasteiger partial charge < -0.3 is 9.88 Å². The number of benzene rings is 1. The van der Waals surface area contributed by atoms with Gasteiger partial charge in [-0.1, -0.05) is 6.07 Å². The van der Waals surface area contributed by atoms with Crippen LogP contribution in [-0.2, 0) is 13.1 Å². The van der Waals surface area contributed by atoms with Crippen LogP contribution in [0.15, 0.2) is 41.4 Å². The number of nitro benzene ring substituents is 1. The molecule has 20 heavy (non-hydrogen) atoms. The fourth-order valence-electron chi connectivity index (χ4n) is 1.85. The van der Waals surface area contributed by atoms with E-state index in [4.69, 9.17) is 0 Å². The van der Waals surface area contributed by atoms with E-state index in [1.54, 1.807) is 24.7 Å². The van der Waals surface area contributed by atoms with Crippen LogP contribution >= 0.6 is 15.9 Å². The smallest absolute Gasteiger partial charge is 0.283 e. The third kappa shape index (κ3) is 4.14. The molecule has 0 aliphatic rings. The number of hydrogen-bond acceptors (Lipinski definition) is 4. The summed E-state index contributed by atoms with van der Waals surface area (Å²) < 4.78 is 2.53. The zero-order chi connectivity index (χ0) is 14.4. The monoisotopic (exact) mass is 338 g/mol. The molecule has 0 bridgehead atoms. The Kier molecular flexibility index (Phi) is 5.25. The first-order chi connectivity index (χ1) is 9.66. The van der Waals surface area contributed by atoms with Gasteiger partial charge in [-0.15, -0.1) is 0 Å². The molecule has 0 fully saturated rings. The van der Waals surface area contributed by atoms with Gasteiger partial charge in [-0.2, -0.15) is 0 Å². The summed E-state index contributed by atoms with van der Waals surface area (Å²) in [5.74, 6) is 0. The third-order valence-electron chi connectivity index (χ3n) is 2.87. The summed E-state index contributed by atoms with van der Waals surface area (Å²) in [5.41, 5.74) is 1.00. The molecule has 1 N–H and O–H groups in total. The van der Waals surface area contributed by atoms with Crippen molar-refractivity contribution in [2.75, 3.05) is 6.54 Å². The van der Waals surface area contributed by atoms with E-state index in [2.05, 4.69) is 26.2 Å². The van der Waals surface area contributed by atoms with Crippen molar-refractivity contribution in [3.8, 4) is 0 Å². The highest BCUT2D eigenvalue weighted by atomic mass is 79.9. The van der Waals surface area contributed by atoms with Crippen molar-refractivity contribution in [1.82, 2.24) is 14.9 Å². The predicted molar refractivity (Wildman–Crippen MR) is 79.3 cm³/mol. The molecule has 0 atom stereocenters. The van der Waals surface area contributed by atoms with Crippen LogP contribution < -0.4 is 5.32 Å². The molecule has 1 heterocycles. The number of nitrogens with zero attached hydrogens (tertiary/aromatic N) is 3. The van der Waals surface area contributed by atoms with Gasteiger partial charge in [0.1, 0.15) is 0 Å². The average Bonchev–Trinajstić information content (AvgIpc) is 2.93. The minimum atomic E-state index is -0.382. The predicted octanol–water partition coefficient (Wildman–Crippen LogP) is 2.73. The highest BCUT2D eigenvalue weighted by Gasteiger charge is 2.11. The standard InChI is InChI=1S/C13H15BrN4O2/c14-12-3-2-11(8-13(12)18(19)20)9-15-4-1-6-17-7-5-16-10-17/h2-3,5,7-8,10,15H,1,4,6,9H2. The van der Waals surface area contributed by atoms with E-state index in [0.29, 0.717) is 11.0 Å². The Morgan fingerprint density at radius 1 is 1.45 bits per heavy atom. The number of nitrogens with one attached hydrogen (secondary N) is 1. The van der Waals surface area contributed by atoms with E-state index in [-0.39, 0.29) is 10.6 Å². The Hall–Kier alpha value is -1.73. The largest absolute Gasteiger partial charge is 0.337 e. The molecular formula is C13H15BrN4O2. The summed E-state index contributed by atoms with van der Waals surface area (Å²) >= 11 is 3.18. The number of hydrogen-bond donors (Lipinski definition) is 1. The number of halogens is 1. The third-order valence-corrected chi connectivity index (χ3v) is 3.54. The molecular weight excluding hydrogens is 324 g/mol. The van der Waals surface area contributed by atoms with Gasteiger partial charge in [0, 0.05) is 31.5 Å². The van der Waals surface area contributed by atoms with Crippen LogP contribution in [0.3, 0.4) is 0 Å². The normalized spacial score (nSPS) is 10.7. The van der Waals surface area contributed by atoms with Crippen LogP contribution in [0.5, 0.6) is 0 Å². The van der Waals surface area contributed by atoms with Crippen molar-refractivity contribution in [2.24, 2.45) is 0 Å². The Bertz CT molecular complexity index is 572. The molecule has 2 aromatic rings. The van der Waals surface area contributed by atoms with Gasteiger partial charge in [0.2, 0.25) is 0 Å². The van der Waals surface area contributed by atoms with Crippen molar-refractivity contribution in [1.29, 1.82) is 0 Å². The fraction of sp³-hybridized carbons (Fsp3) is 0.308. The molecule has 0 radical (unpaired) electrons. The lowest BCUT2D eigenvalue weighted by Gasteiger charge is -2.06. The number of nitro groups is 1. The molecule has 2 rings (SSSR count). The molecule has 6 nitrogen and oxygen atoms in total. The molecule has 0 aliphatic heterocycles. The van der Waals surface area contributed by atoms with Gasteiger partial charge in [-0.3, -0.25) is 10.1 Å². The topological polar surface area (TPSA) is 73.0 Å². The molecule has 0 saturated heterocycles. The van der Waals surface area contributed by atoms with E-state index in [0.717, 1.165) is 25.1 Å². The van der Waals surface area contributed by atoms with Crippen LogP contribution in [0, 0.1) is 10.1 Å². The highest BCUT2D eigenvalue weighted by molar-refractivity contribution is 9.10. The molecule has 0 amide bonds. The minimum absolute atomic E-state index is 0.0997. The number of aromatic nitrogens is 2. The Balaban J connectivity index is 1.76. The van der Waals surface area contributed by atoms with Crippen LogP contribution in [0.25, 0.3) is 0 Å². The van der Waals surface area contributed by atoms with E-state index in [1.807, 2.05) is 16.8 Å². The van der Waals surface area contributed by atoms with Crippen molar-refractivity contribution < 1.29 is 4.92 Å². The summed E-state index contributed by atoms with van der Waals surface area (Å²) in [6, 6.07) is 5.17. The Morgan fingerprint density at radius 2 is 2.30 bits per heavy atom. The van der Waals surface area contributed by atoms with Gasteiger partial charge >= 0.3 is 0 Å². The molecule has 106 valence electrons. The second kappa shape index (κ2) is 7.16. The van der Waals surface area contributed by atoms with E-state index in [9.17, 15) is 10.1 Å². The van der Waals surface area contributed by atoms with Crippen LogP contribution in [0.1, 0.15) is 12.0 Å². The lowest BCUT2D eigenvalue weighted by molar-refractivity contribution is -0.385. The lowest BCUT2D eigenvalue weighted by Crippen LogP contribution is -2.16. The van der Waals surface area contributed by atoms with Crippen LogP contribution in [-0.4, -0.2) is 21.0 Å². The van der Waals surface area contributed by atoms with E-state index >= 15 is 0 Å². The molecule has 0 unspecified atom stereocenters. The number of rotatable bonds is 7.